The maximum atomic E-state index is 13.4. The minimum absolute atomic E-state index is 0.286. The van der Waals surface area contributed by atoms with Crippen LogP contribution in [0.3, 0.4) is 0 Å². The summed E-state index contributed by atoms with van der Waals surface area (Å²) in [6.45, 7) is 2.41. The van der Waals surface area contributed by atoms with Gasteiger partial charge in [-0.25, -0.2) is 9.07 Å². The van der Waals surface area contributed by atoms with Gasteiger partial charge in [-0.3, -0.25) is 0 Å². The molecule has 8 heteroatoms. The number of hydrogen-bond acceptors (Lipinski definition) is 6. The van der Waals surface area contributed by atoms with Crippen molar-refractivity contribution in [3.8, 4) is 11.4 Å². The first kappa shape index (κ1) is 13.4. The summed E-state index contributed by atoms with van der Waals surface area (Å²) in [4.78, 5) is 4.23. The van der Waals surface area contributed by atoms with Gasteiger partial charge in [-0.05, 0) is 30.7 Å². The van der Waals surface area contributed by atoms with E-state index in [0.29, 0.717) is 29.5 Å². The molecule has 0 unspecified atom stereocenters. The third-order valence-corrected chi connectivity index (χ3v) is 2.86. The van der Waals surface area contributed by atoms with Crippen LogP contribution in [-0.2, 0) is 13.1 Å². The topological polar surface area (TPSA) is 95.7 Å². The molecule has 0 aliphatic heterocycles. The Labute approximate surface area is 119 Å². The zero-order valence-corrected chi connectivity index (χ0v) is 11.3. The van der Waals surface area contributed by atoms with Crippen molar-refractivity contribution in [2.45, 2.75) is 20.0 Å². The smallest absolute Gasteiger partial charge is 0.248 e. The fourth-order valence-corrected chi connectivity index (χ4v) is 1.95. The molecule has 0 saturated carbocycles. The van der Waals surface area contributed by atoms with Crippen molar-refractivity contribution in [3.05, 3.63) is 47.4 Å². The predicted octanol–water partition coefficient (Wildman–Crippen LogP) is 1.28. The standard InChI is InChI=1S/C13H13FN6O/c1-8-2-9(4-10(14)3-8)13-16-12(21-18-13)7-20-6-11(5-15)17-19-20/h2-4,6H,5,7,15H2,1H3. The summed E-state index contributed by atoms with van der Waals surface area (Å²) in [6, 6.07) is 4.59. The van der Waals surface area contributed by atoms with Crippen molar-refractivity contribution in [2.24, 2.45) is 5.73 Å². The minimum Gasteiger partial charge on any atom is -0.337 e. The van der Waals surface area contributed by atoms with Gasteiger partial charge in [0.25, 0.3) is 0 Å². The molecule has 2 N–H and O–H groups in total. The van der Waals surface area contributed by atoms with Crippen LogP contribution in [0.2, 0.25) is 0 Å². The van der Waals surface area contributed by atoms with E-state index in [4.69, 9.17) is 10.3 Å². The summed E-state index contributed by atoms with van der Waals surface area (Å²) < 4.78 is 20.1. The molecule has 0 aliphatic carbocycles. The van der Waals surface area contributed by atoms with E-state index < -0.39 is 0 Å². The van der Waals surface area contributed by atoms with Gasteiger partial charge in [-0.1, -0.05) is 10.4 Å². The maximum absolute atomic E-state index is 13.4. The Morgan fingerprint density at radius 2 is 2.19 bits per heavy atom. The molecule has 108 valence electrons. The summed E-state index contributed by atoms with van der Waals surface area (Å²) in [5.41, 5.74) is 7.50. The van der Waals surface area contributed by atoms with Crippen molar-refractivity contribution in [1.29, 1.82) is 0 Å². The second-order valence-corrected chi connectivity index (χ2v) is 4.64. The van der Waals surface area contributed by atoms with Crippen molar-refractivity contribution in [2.75, 3.05) is 0 Å². The largest absolute Gasteiger partial charge is 0.337 e. The molecule has 7 nitrogen and oxygen atoms in total. The average molecular weight is 288 g/mol. The lowest BCUT2D eigenvalue weighted by atomic mass is 10.1. The number of nitrogens with two attached hydrogens (primary N) is 1. The first-order valence-corrected chi connectivity index (χ1v) is 6.33. The Morgan fingerprint density at radius 3 is 2.90 bits per heavy atom. The first-order chi connectivity index (χ1) is 10.1. The van der Waals surface area contributed by atoms with Gasteiger partial charge in [0.1, 0.15) is 12.4 Å². The zero-order chi connectivity index (χ0) is 14.8. The number of aryl methyl sites for hydroxylation is 1. The second-order valence-electron chi connectivity index (χ2n) is 4.64. The molecule has 2 heterocycles. The molecule has 0 radical (unpaired) electrons. The molecule has 21 heavy (non-hydrogen) atoms. The Bertz CT molecular complexity index is 745. The van der Waals surface area contributed by atoms with Crippen LogP contribution in [0.1, 0.15) is 17.1 Å². The van der Waals surface area contributed by atoms with E-state index in [2.05, 4.69) is 20.5 Å². The lowest BCUT2D eigenvalue weighted by molar-refractivity contribution is 0.364. The SMILES string of the molecule is Cc1cc(F)cc(-c2noc(Cn3cc(CN)nn3)n2)c1. The molecule has 0 aliphatic rings. The van der Waals surface area contributed by atoms with Crippen LogP contribution in [0.25, 0.3) is 11.4 Å². The van der Waals surface area contributed by atoms with Gasteiger partial charge in [0.05, 0.1) is 11.9 Å². The Balaban J connectivity index is 1.82. The summed E-state index contributed by atoms with van der Waals surface area (Å²) in [5.74, 6) is 0.368. The molecule has 0 saturated heterocycles. The highest BCUT2D eigenvalue weighted by molar-refractivity contribution is 5.55. The number of aromatic nitrogens is 5. The van der Waals surface area contributed by atoms with Gasteiger partial charge in [0.2, 0.25) is 11.7 Å². The quantitative estimate of drug-likeness (QED) is 0.777. The van der Waals surface area contributed by atoms with E-state index >= 15 is 0 Å². The van der Waals surface area contributed by atoms with Gasteiger partial charge in [-0.2, -0.15) is 4.98 Å². The van der Waals surface area contributed by atoms with Crippen LogP contribution in [0.15, 0.2) is 28.9 Å². The molecule has 1 aromatic carbocycles. The number of rotatable bonds is 4. The molecular weight excluding hydrogens is 275 g/mol. The van der Waals surface area contributed by atoms with Gasteiger partial charge >= 0.3 is 0 Å². The molecule has 0 amide bonds. The molecule has 3 aromatic rings. The molecule has 0 bridgehead atoms. The van der Waals surface area contributed by atoms with Crippen LogP contribution in [-0.4, -0.2) is 25.1 Å². The minimum atomic E-state index is -0.333. The lowest BCUT2D eigenvalue weighted by Gasteiger charge is -1.97. The number of nitrogens with zero attached hydrogens (tertiary/aromatic N) is 5. The monoisotopic (exact) mass is 288 g/mol. The predicted molar refractivity (Wildman–Crippen MR) is 71.4 cm³/mol. The van der Waals surface area contributed by atoms with E-state index in [1.54, 1.807) is 23.9 Å². The molecule has 0 atom stereocenters. The normalized spacial score (nSPS) is 11.0. The third kappa shape index (κ3) is 2.95. The van der Waals surface area contributed by atoms with Crippen molar-refractivity contribution in [1.82, 2.24) is 25.1 Å². The van der Waals surface area contributed by atoms with E-state index in [1.165, 1.54) is 12.1 Å². The number of halogens is 1. The number of hydrogen-bond donors (Lipinski definition) is 1. The van der Waals surface area contributed by atoms with Crippen molar-refractivity contribution in [3.63, 3.8) is 0 Å². The van der Waals surface area contributed by atoms with Crippen LogP contribution >= 0.6 is 0 Å². The first-order valence-electron chi connectivity index (χ1n) is 6.33. The van der Waals surface area contributed by atoms with E-state index in [1.807, 2.05) is 0 Å². The van der Waals surface area contributed by atoms with Gasteiger partial charge in [0.15, 0.2) is 0 Å². The van der Waals surface area contributed by atoms with E-state index in [0.717, 1.165) is 5.56 Å². The number of benzene rings is 1. The summed E-state index contributed by atoms with van der Waals surface area (Å²) >= 11 is 0. The van der Waals surface area contributed by atoms with Crippen LogP contribution in [0.4, 0.5) is 4.39 Å². The van der Waals surface area contributed by atoms with Crippen molar-refractivity contribution < 1.29 is 8.91 Å². The Kier molecular flexibility index (Phi) is 3.44. The van der Waals surface area contributed by atoms with Crippen LogP contribution < -0.4 is 5.73 Å². The second kappa shape index (κ2) is 5.41. The van der Waals surface area contributed by atoms with Crippen molar-refractivity contribution >= 4 is 0 Å². The van der Waals surface area contributed by atoms with E-state index in [9.17, 15) is 4.39 Å². The highest BCUT2D eigenvalue weighted by Crippen LogP contribution is 2.19. The Hall–Kier alpha value is -2.61. The van der Waals surface area contributed by atoms with Crippen LogP contribution in [0, 0.1) is 12.7 Å². The maximum Gasteiger partial charge on any atom is 0.248 e. The molecule has 3 rings (SSSR count). The summed E-state index contributed by atoms with van der Waals surface area (Å²) in [7, 11) is 0. The summed E-state index contributed by atoms with van der Waals surface area (Å²) in [5, 5.41) is 11.6. The zero-order valence-electron chi connectivity index (χ0n) is 11.3. The van der Waals surface area contributed by atoms with Gasteiger partial charge in [-0.15, -0.1) is 5.10 Å². The van der Waals surface area contributed by atoms with Gasteiger partial charge in [0, 0.05) is 12.1 Å². The third-order valence-electron chi connectivity index (χ3n) is 2.86. The molecule has 0 spiro atoms. The van der Waals surface area contributed by atoms with Gasteiger partial charge < -0.3 is 10.3 Å². The summed E-state index contributed by atoms with van der Waals surface area (Å²) in [6.07, 6.45) is 1.70. The van der Waals surface area contributed by atoms with Crippen LogP contribution in [0.5, 0.6) is 0 Å². The highest BCUT2D eigenvalue weighted by Gasteiger charge is 2.11. The lowest BCUT2D eigenvalue weighted by Crippen LogP contribution is -2.01. The molecular formula is C13H13FN6O. The average Bonchev–Trinajstić information content (AvgIpc) is 3.07. The molecule has 0 fully saturated rings. The highest BCUT2D eigenvalue weighted by atomic mass is 19.1. The molecule has 2 aromatic heterocycles. The Morgan fingerprint density at radius 1 is 1.33 bits per heavy atom. The fourth-order valence-electron chi connectivity index (χ4n) is 1.95. The fraction of sp³-hybridized carbons (Fsp3) is 0.231. The van der Waals surface area contributed by atoms with E-state index in [-0.39, 0.29) is 12.4 Å².